The van der Waals surface area contributed by atoms with E-state index in [2.05, 4.69) is 0 Å². The summed E-state index contributed by atoms with van der Waals surface area (Å²) in [6, 6.07) is 25.6. The van der Waals surface area contributed by atoms with Gasteiger partial charge in [0.25, 0.3) is 0 Å². The van der Waals surface area contributed by atoms with Crippen molar-refractivity contribution in [3.05, 3.63) is 78.9 Å². The Hall–Kier alpha value is -2.74. The van der Waals surface area contributed by atoms with Crippen molar-refractivity contribution in [1.29, 1.82) is 0 Å². The molecule has 0 saturated heterocycles. The van der Waals surface area contributed by atoms with Crippen molar-refractivity contribution >= 4 is 5.69 Å². The highest BCUT2D eigenvalue weighted by Crippen LogP contribution is 2.26. The monoisotopic (exact) mass is 261 g/mol. The Morgan fingerprint density at radius 2 is 1.30 bits per heavy atom. The molecule has 2 N–H and O–H groups in total. The number of nitrogens with two attached hydrogens (primary N) is 1. The van der Waals surface area contributed by atoms with E-state index in [1.807, 2.05) is 78.9 Å². The van der Waals surface area contributed by atoms with Gasteiger partial charge in [0, 0.05) is 5.69 Å². The van der Waals surface area contributed by atoms with Crippen LogP contribution in [0.3, 0.4) is 0 Å². The van der Waals surface area contributed by atoms with Gasteiger partial charge in [-0.3, -0.25) is 0 Å². The number of anilines is 1. The van der Waals surface area contributed by atoms with E-state index in [4.69, 9.17) is 10.5 Å². The molecular formula is C18H15NO. The quantitative estimate of drug-likeness (QED) is 0.692. The first-order chi connectivity index (χ1) is 9.81. The van der Waals surface area contributed by atoms with Crippen LogP contribution in [0.2, 0.25) is 0 Å². The highest BCUT2D eigenvalue weighted by atomic mass is 16.5. The molecule has 0 atom stereocenters. The van der Waals surface area contributed by atoms with Crippen LogP contribution in [0.4, 0.5) is 5.69 Å². The molecule has 0 aliphatic carbocycles. The second-order valence-electron chi connectivity index (χ2n) is 4.56. The van der Waals surface area contributed by atoms with Crippen LogP contribution in [-0.4, -0.2) is 0 Å². The van der Waals surface area contributed by atoms with Gasteiger partial charge in [0.1, 0.15) is 11.5 Å². The molecule has 0 saturated carbocycles. The predicted molar refractivity (Wildman–Crippen MR) is 82.8 cm³/mol. The van der Waals surface area contributed by atoms with Crippen molar-refractivity contribution in [3.63, 3.8) is 0 Å². The fourth-order valence-corrected chi connectivity index (χ4v) is 2.06. The normalized spacial score (nSPS) is 10.2. The lowest BCUT2D eigenvalue weighted by molar-refractivity contribution is 0.483. The molecule has 3 aromatic rings. The van der Waals surface area contributed by atoms with Crippen LogP contribution in [0, 0.1) is 0 Å². The van der Waals surface area contributed by atoms with Crippen LogP contribution >= 0.6 is 0 Å². The molecule has 2 nitrogen and oxygen atoms in total. The molecular weight excluding hydrogens is 246 g/mol. The minimum absolute atomic E-state index is 0.770. The standard InChI is InChI=1S/C18H15NO/c19-16-6-4-5-15(13-16)14-9-11-18(12-10-14)20-17-7-2-1-3-8-17/h1-13H,19H2. The third-order valence-electron chi connectivity index (χ3n) is 3.05. The molecule has 0 bridgehead atoms. The second kappa shape index (κ2) is 5.49. The largest absolute Gasteiger partial charge is 0.457 e. The number of para-hydroxylation sites is 1. The van der Waals surface area contributed by atoms with E-state index in [0.717, 1.165) is 28.3 Å². The molecule has 0 unspecified atom stereocenters. The fraction of sp³-hybridized carbons (Fsp3) is 0. The molecule has 0 radical (unpaired) electrons. The Labute approximate surface area is 118 Å². The number of ether oxygens (including phenoxy) is 1. The zero-order chi connectivity index (χ0) is 13.8. The third kappa shape index (κ3) is 2.81. The summed E-state index contributed by atoms with van der Waals surface area (Å²) in [5.74, 6) is 1.66. The van der Waals surface area contributed by atoms with E-state index in [9.17, 15) is 0 Å². The van der Waals surface area contributed by atoms with Gasteiger partial charge < -0.3 is 10.5 Å². The predicted octanol–water partition coefficient (Wildman–Crippen LogP) is 4.73. The van der Waals surface area contributed by atoms with Gasteiger partial charge in [-0.25, -0.2) is 0 Å². The van der Waals surface area contributed by atoms with E-state index in [1.54, 1.807) is 0 Å². The molecule has 98 valence electrons. The number of rotatable bonds is 3. The lowest BCUT2D eigenvalue weighted by Crippen LogP contribution is -1.86. The van der Waals surface area contributed by atoms with Crippen molar-refractivity contribution in [2.24, 2.45) is 0 Å². The Morgan fingerprint density at radius 3 is 2.00 bits per heavy atom. The Bertz CT molecular complexity index is 690. The molecule has 3 rings (SSSR count). The number of nitrogen functional groups attached to an aromatic ring is 1. The average Bonchev–Trinajstić information content (AvgIpc) is 2.49. The molecule has 0 amide bonds. The highest BCUT2D eigenvalue weighted by molar-refractivity contribution is 5.67. The van der Waals surface area contributed by atoms with Crippen molar-refractivity contribution in [2.75, 3.05) is 5.73 Å². The molecule has 0 aromatic heterocycles. The van der Waals surface area contributed by atoms with Crippen molar-refractivity contribution in [1.82, 2.24) is 0 Å². The Morgan fingerprint density at radius 1 is 0.600 bits per heavy atom. The van der Waals surface area contributed by atoms with Crippen LogP contribution in [0.5, 0.6) is 11.5 Å². The SMILES string of the molecule is Nc1cccc(-c2ccc(Oc3ccccc3)cc2)c1. The smallest absolute Gasteiger partial charge is 0.127 e. The number of benzene rings is 3. The number of hydrogen-bond acceptors (Lipinski definition) is 2. The fourth-order valence-electron chi connectivity index (χ4n) is 2.06. The summed E-state index contributed by atoms with van der Waals surface area (Å²) in [5.41, 5.74) is 8.80. The molecule has 0 spiro atoms. The molecule has 2 heteroatoms. The van der Waals surface area contributed by atoms with E-state index in [-0.39, 0.29) is 0 Å². The summed E-state index contributed by atoms with van der Waals surface area (Å²) in [6.45, 7) is 0. The summed E-state index contributed by atoms with van der Waals surface area (Å²) >= 11 is 0. The third-order valence-corrected chi connectivity index (χ3v) is 3.05. The summed E-state index contributed by atoms with van der Waals surface area (Å²) < 4.78 is 5.77. The van der Waals surface area contributed by atoms with Gasteiger partial charge in [0.05, 0.1) is 0 Å². The lowest BCUT2D eigenvalue weighted by Gasteiger charge is -2.07. The highest BCUT2D eigenvalue weighted by Gasteiger charge is 2.00. The van der Waals surface area contributed by atoms with Gasteiger partial charge in [-0.15, -0.1) is 0 Å². The van der Waals surface area contributed by atoms with Gasteiger partial charge in [-0.05, 0) is 47.5 Å². The van der Waals surface area contributed by atoms with Crippen LogP contribution in [0.25, 0.3) is 11.1 Å². The van der Waals surface area contributed by atoms with E-state index >= 15 is 0 Å². The molecule has 3 aromatic carbocycles. The van der Waals surface area contributed by atoms with Crippen LogP contribution in [0.1, 0.15) is 0 Å². The first kappa shape index (κ1) is 12.3. The zero-order valence-corrected chi connectivity index (χ0v) is 11.0. The maximum Gasteiger partial charge on any atom is 0.127 e. The van der Waals surface area contributed by atoms with Gasteiger partial charge in [-0.1, -0.05) is 42.5 Å². The zero-order valence-electron chi connectivity index (χ0n) is 11.0. The maximum atomic E-state index is 5.80. The molecule has 0 fully saturated rings. The second-order valence-corrected chi connectivity index (χ2v) is 4.56. The molecule has 0 aliphatic rings. The molecule has 0 heterocycles. The average molecular weight is 261 g/mol. The minimum atomic E-state index is 0.770. The Kier molecular flexibility index (Phi) is 3.38. The summed E-state index contributed by atoms with van der Waals surface area (Å²) in [6.07, 6.45) is 0. The van der Waals surface area contributed by atoms with Crippen molar-refractivity contribution < 1.29 is 4.74 Å². The van der Waals surface area contributed by atoms with Crippen molar-refractivity contribution in [3.8, 4) is 22.6 Å². The maximum absolute atomic E-state index is 5.80. The van der Waals surface area contributed by atoms with Crippen LogP contribution in [0.15, 0.2) is 78.9 Å². The first-order valence-electron chi connectivity index (χ1n) is 6.50. The van der Waals surface area contributed by atoms with Crippen LogP contribution in [-0.2, 0) is 0 Å². The summed E-state index contributed by atoms with van der Waals surface area (Å²) in [5, 5.41) is 0. The molecule has 0 aliphatic heterocycles. The van der Waals surface area contributed by atoms with Crippen LogP contribution < -0.4 is 10.5 Å². The van der Waals surface area contributed by atoms with Gasteiger partial charge in [0.2, 0.25) is 0 Å². The lowest BCUT2D eigenvalue weighted by atomic mass is 10.1. The van der Waals surface area contributed by atoms with Gasteiger partial charge >= 0.3 is 0 Å². The van der Waals surface area contributed by atoms with E-state index in [0.29, 0.717) is 0 Å². The van der Waals surface area contributed by atoms with Gasteiger partial charge in [-0.2, -0.15) is 0 Å². The summed E-state index contributed by atoms with van der Waals surface area (Å²) in [4.78, 5) is 0. The van der Waals surface area contributed by atoms with E-state index in [1.165, 1.54) is 0 Å². The van der Waals surface area contributed by atoms with Gasteiger partial charge in [0.15, 0.2) is 0 Å². The van der Waals surface area contributed by atoms with Crippen molar-refractivity contribution in [2.45, 2.75) is 0 Å². The number of hydrogen-bond donors (Lipinski definition) is 1. The molecule has 20 heavy (non-hydrogen) atoms. The first-order valence-corrected chi connectivity index (χ1v) is 6.50. The summed E-state index contributed by atoms with van der Waals surface area (Å²) in [7, 11) is 0. The topological polar surface area (TPSA) is 35.2 Å². The Balaban J connectivity index is 1.81. The minimum Gasteiger partial charge on any atom is -0.457 e. The van der Waals surface area contributed by atoms with E-state index < -0.39 is 0 Å².